The summed E-state index contributed by atoms with van der Waals surface area (Å²) in [6, 6.07) is 12.7. The van der Waals surface area contributed by atoms with E-state index in [4.69, 9.17) is 4.74 Å². The summed E-state index contributed by atoms with van der Waals surface area (Å²) in [5, 5.41) is 10.9. The van der Waals surface area contributed by atoms with Gasteiger partial charge >= 0.3 is 0 Å². The van der Waals surface area contributed by atoms with Gasteiger partial charge in [0, 0.05) is 24.9 Å². The number of likely N-dealkylation sites (N-methyl/N-ethyl adjacent to an activating group) is 1. The van der Waals surface area contributed by atoms with Crippen molar-refractivity contribution in [3.63, 3.8) is 0 Å². The number of anilines is 1. The van der Waals surface area contributed by atoms with Crippen LogP contribution < -0.4 is 9.64 Å². The Morgan fingerprint density at radius 1 is 1.21 bits per heavy atom. The molecule has 24 heavy (non-hydrogen) atoms. The zero-order chi connectivity index (χ0) is 17.1. The second-order valence-electron chi connectivity index (χ2n) is 6.67. The molecule has 0 N–H and O–H groups in total. The number of para-hydroxylation sites is 1. The summed E-state index contributed by atoms with van der Waals surface area (Å²) in [6.45, 7) is 4.25. The van der Waals surface area contributed by atoms with Gasteiger partial charge in [0.2, 0.25) is 5.72 Å². The van der Waals surface area contributed by atoms with E-state index in [1.807, 2.05) is 19.2 Å². The molecule has 0 saturated heterocycles. The fraction of sp³-hybridized carbons (Fsp3) is 0.278. The number of aliphatic imine (C=N–C) groups is 1. The highest BCUT2D eigenvalue weighted by molar-refractivity contribution is 5.88. The molecule has 0 saturated carbocycles. The molecule has 0 bridgehead atoms. The Balaban J connectivity index is 1.84. The molecule has 6 heteroatoms. The SMILES string of the molecule is CN1c2ccccc2C(C)(C)C12C=Nc1cc([N+](=O)[O-])ccc1O2. The zero-order valence-electron chi connectivity index (χ0n) is 13.7. The van der Waals surface area contributed by atoms with Crippen LogP contribution in [0.5, 0.6) is 5.75 Å². The molecule has 1 spiro atoms. The molecular weight excluding hydrogens is 306 g/mol. The van der Waals surface area contributed by atoms with Crippen LogP contribution in [0.15, 0.2) is 47.5 Å². The normalized spacial score (nSPS) is 22.9. The number of non-ortho nitro benzene ring substituents is 1. The van der Waals surface area contributed by atoms with Gasteiger partial charge in [-0.05, 0) is 31.5 Å². The molecule has 0 fully saturated rings. The van der Waals surface area contributed by atoms with E-state index in [1.54, 1.807) is 12.3 Å². The number of ether oxygens (including phenoxy) is 1. The van der Waals surface area contributed by atoms with E-state index < -0.39 is 10.6 Å². The Morgan fingerprint density at radius 3 is 2.67 bits per heavy atom. The quantitative estimate of drug-likeness (QED) is 0.591. The first-order valence-corrected chi connectivity index (χ1v) is 7.73. The van der Waals surface area contributed by atoms with Crippen molar-refractivity contribution < 1.29 is 9.66 Å². The van der Waals surface area contributed by atoms with E-state index in [1.165, 1.54) is 17.7 Å². The average Bonchev–Trinajstić information content (AvgIpc) is 2.74. The van der Waals surface area contributed by atoms with Gasteiger partial charge in [0.15, 0.2) is 0 Å². The minimum Gasteiger partial charge on any atom is -0.459 e. The van der Waals surface area contributed by atoms with Crippen molar-refractivity contribution in [2.24, 2.45) is 4.99 Å². The highest BCUT2D eigenvalue weighted by Gasteiger charge is 2.58. The Morgan fingerprint density at radius 2 is 1.96 bits per heavy atom. The number of hydrogen-bond acceptors (Lipinski definition) is 5. The number of benzene rings is 2. The molecule has 122 valence electrons. The maximum atomic E-state index is 10.9. The third-order valence-electron chi connectivity index (χ3n) is 5.13. The highest BCUT2D eigenvalue weighted by Crippen LogP contribution is 2.53. The Labute approximate surface area is 139 Å². The largest absolute Gasteiger partial charge is 0.459 e. The summed E-state index contributed by atoms with van der Waals surface area (Å²) in [7, 11) is 1.98. The molecular formula is C18H17N3O3. The summed E-state index contributed by atoms with van der Waals surface area (Å²) >= 11 is 0. The number of nitro benzene ring substituents is 1. The topological polar surface area (TPSA) is 68.0 Å². The first-order valence-electron chi connectivity index (χ1n) is 7.73. The predicted molar refractivity (Wildman–Crippen MR) is 92.5 cm³/mol. The fourth-order valence-electron chi connectivity index (χ4n) is 3.69. The molecule has 6 nitrogen and oxygen atoms in total. The van der Waals surface area contributed by atoms with E-state index in [2.05, 4.69) is 35.9 Å². The van der Waals surface area contributed by atoms with Crippen molar-refractivity contribution in [2.45, 2.75) is 25.0 Å². The van der Waals surface area contributed by atoms with Gasteiger partial charge in [0.05, 0.1) is 16.6 Å². The van der Waals surface area contributed by atoms with E-state index in [-0.39, 0.29) is 11.1 Å². The van der Waals surface area contributed by atoms with Crippen LogP contribution in [0.2, 0.25) is 0 Å². The maximum Gasteiger partial charge on any atom is 0.271 e. The second-order valence-corrected chi connectivity index (χ2v) is 6.67. The first-order chi connectivity index (χ1) is 11.4. The molecule has 0 aliphatic carbocycles. The second kappa shape index (κ2) is 4.56. The van der Waals surface area contributed by atoms with Gasteiger partial charge in [-0.1, -0.05) is 18.2 Å². The minimum atomic E-state index is -0.764. The van der Waals surface area contributed by atoms with Gasteiger partial charge in [0.25, 0.3) is 5.69 Å². The molecule has 0 radical (unpaired) electrons. The van der Waals surface area contributed by atoms with Crippen LogP contribution in [0, 0.1) is 10.1 Å². The minimum absolute atomic E-state index is 0.00720. The number of nitro groups is 1. The molecule has 2 aliphatic rings. The third kappa shape index (κ3) is 1.68. The number of nitrogens with zero attached hydrogens (tertiary/aromatic N) is 3. The average molecular weight is 323 g/mol. The van der Waals surface area contributed by atoms with Crippen molar-refractivity contribution >= 4 is 23.3 Å². The number of fused-ring (bicyclic) bond motifs is 2. The van der Waals surface area contributed by atoms with Crippen LogP contribution in [0.1, 0.15) is 19.4 Å². The van der Waals surface area contributed by atoms with E-state index in [9.17, 15) is 10.1 Å². The van der Waals surface area contributed by atoms with Crippen molar-refractivity contribution in [2.75, 3.05) is 11.9 Å². The van der Waals surface area contributed by atoms with Crippen molar-refractivity contribution in [1.82, 2.24) is 0 Å². The fourth-order valence-corrected chi connectivity index (χ4v) is 3.69. The van der Waals surface area contributed by atoms with Gasteiger partial charge in [-0.3, -0.25) is 15.1 Å². The summed E-state index contributed by atoms with van der Waals surface area (Å²) in [5.41, 5.74) is 1.67. The smallest absolute Gasteiger partial charge is 0.271 e. The lowest BCUT2D eigenvalue weighted by Gasteiger charge is -2.44. The Hall–Kier alpha value is -2.89. The lowest BCUT2D eigenvalue weighted by molar-refractivity contribution is -0.384. The maximum absolute atomic E-state index is 10.9. The molecule has 2 heterocycles. The molecule has 2 aliphatic heterocycles. The lowest BCUT2D eigenvalue weighted by Crippen LogP contribution is -2.60. The molecule has 2 aromatic carbocycles. The third-order valence-corrected chi connectivity index (χ3v) is 5.13. The Kier molecular flexibility index (Phi) is 2.79. The van der Waals surface area contributed by atoms with E-state index in [0.717, 1.165) is 5.69 Å². The van der Waals surface area contributed by atoms with Crippen molar-refractivity contribution in [3.05, 3.63) is 58.1 Å². The summed E-state index contributed by atoms with van der Waals surface area (Å²) in [4.78, 5) is 17.1. The van der Waals surface area contributed by atoms with Gasteiger partial charge in [-0.2, -0.15) is 0 Å². The van der Waals surface area contributed by atoms with Gasteiger partial charge in [0.1, 0.15) is 11.4 Å². The van der Waals surface area contributed by atoms with Crippen LogP contribution in [0.3, 0.4) is 0 Å². The first kappa shape index (κ1) is 14.7. The molecule has 0 amide bonds. The number of hydrogen-bond donors (Lipinski definition) is 0. The van der Waals surface area contributed by atoms with Crippen LogP contribution in [-0.2, 0) is 5.41 Å². The molecule has 4 rings (SSSR count). The summed E-state index contributed by atoms with van der Waals surface area (Å²) in [5.74, 6) is 0.552. The summed E-state index contributed by atoms with van der Waals surface area (Å²) in [6.07, 6.45) is 1.76. The number of rotatable bonds is 1. The van der Waals surface area contributed by atoms with Crippen molar-refractivity contribution in [3.8, 4) is 5.75 Å². The molecule has 0 aromatic heterocycles. The lowest BCUT2D eigenvalue weighted by atomic mass is 9.77. The van der Waals surface area contributed by atoms with Crippen LogP contribution in [0.4, 0.5) is 17.1 Å². The van der Waals surface area contributed by atoms with E-state index >= 15 is 0 Å². The molecule has 1 unspecified atom stereocenters. The Bertz CT molecular complexity index is 891. The monoisotopic (exact) mass is 323 g/mol. The molecule has 2 aromatic rings. The zero-order valence-corrected chi connectivity index (χ0v) is 13.7. The van der Waals surface area contributed by atoms with Crippen LogP contribution in [-0.4, -0.2) is 23.9 Å². The van der Waals surface area contributed by atoms with Gasteiger partial charge < -0.3 is 9.64 Å². The van der Waals surface area contributed by atoms with E-state index in [0.29, 0.717) is 11.4 Å². The van der Waals surface area contributed by atoms with Gasteiger partial charge in [-0.15, -0.1) is 0 Å². The molecule has 1 atom stereocenters. The predicted octanol–water partition coefficient (Wildman–Crippen LogP) is 3.81. The van der Waals surface area contributed by atoms with Crippen LogP contribution in [0.25, 0.3) is 0 Å². The summed E-state index contributed by atoms with van der Waals surface area (Å²) < 4.78 is 6.38. The van der Waals surface area contributed by atoms with Crippen LogP contribution >= 0.6 is 0 Å². The van der Waals surface area contributed by atoms with Crippen molar-refractivity contribution in [1.29, 1.82) is 0 Å². The highest BCUT2D eigenvalue weighted by atomic mass is 16.6. The standard InChI is InChI=1S/C18H17N3O3/c1-17(2)13-6-4-5-7-15(13)20(3)18(17)11-19-14-10-12(21(22)23)8-9-16(14)24-18/h4-11H,1-3H3. The van der Waals surface area contributed by atoms with Gasteiger partial charge in [-0.25, -0.2) is 0 Å².